The fourth-order valence-corrected chi connectivity index (χ4v) is 2.08. The van der Waals surface area contributed by atoms with Crippen LogP contribution in [-0.4, -0.2) is 16.5 Å². The topological polar surface area (TPSA) is 37.8 Å². The van der Waals surface area contributed by atoms with Crippen LogP contribution in [0.2, 0.25) is 0 Å². The minimum Gasteiger partial charge on any atom is -0.369 e. The Morgan fingerprint density at radius 2 is 1.90 bits per heavy atom. The molecule has 0 saturated heterocycles. The number of anilines is 1. The fraction of sp³-hybridized carbons (Fsp3) is 0.286. The molecule has 0 atom stereocenters. The molecule has 20 heavy (non-hydrogen) atoms. The van der Waals surface area contributed by atoms with Gasteiger partial charge in [0.2, 0.25) is 0 Å². The van der Waals surface area contributed by atoms with Crippen LogP contribution in [0.5, 0.6) is 0 Å². The maximum absolute atomic E-state index is 13.1. The van der Waals surface area contributed by atoms with Crippen molar-refractivity contribution < 1.29 is 8.78 Å². The van der Waals surface area contributed by atoms with Crippen LogP contribution in [0.3, 0.4) is 0 Å². The standard InChI is InChI=1S/C14H14BrF2N3/c1-2-3-18-14-12(15)8-19-13(20-14)6-9-4-10(16)7-11(17)5-9/h4-5,7-8H,2-3,6H2,1H3,(H,18,19,20). The molecule has 0 bridgehead atoms. The smallest absolute Gasteiger partial charge is 0.144 e. The Morgan fingerprint density at radius 3 is 2.55 bits per heavy atom. The molecule has 0 fully saturated rings. The van der Waals surface area contributed by atoms with E-state index in [1.54, 1.807) is 6.20 Å². The van der Waals surface area contributed by atoms with Crippen molar-refractivity contribution in [3.63, 3.8) is 0 Å². The molecule has 0 aliphatic rings. The number of benzene rings is 1. The number of rotatable bonds is 5. The highest BCUT2D eigenvalue weighted by Gasteiger charge is 2.07. The molecule has 0 spiro atoms. The van der Waals surface area contributed by atoms with Gasteiger partial charge in [0.05, 0.1) is 4.47 Å². The summed E-state index contributed by atoms with van der Waals surface area (Å²) in [6, 6.07) is 3.42. The van der Waals surface area contributed by atoms with E-state index >= 15 is 0 Å². The van der Waals surface area contributed by atoms with Gasteiger partial charge >= 0.3 is 0 Å². The quantitative estimate of drug-likeness (QED) is 0.895. The van der Waals surface area contributed by atoms with E-state index in [0.29, 0.717) is 17.2 Å². The number of nitrogens with zero attached hydrogens (tertiary/aromatic N) is 2. The first kappa shape index (κ1) is 14.8. The lowest BCUT2D eigenvalue weighted by atomic mass is 10.1. The molecule has 1 aromatic carbocycles. The van der Waals surface area contributed by atoms with Crippen molar-refractivity contribution in [3.8, 4) is 0 Å². The second-order valence-electron chi connectivity index (χ2n) is 4.36. The molecule has 1 heterocycles. The Morgan fingerprint density at radius 1 is 1.20 bits per heavy atom. The maximum atomic E-state index is 13.1. The van der Waals surface area contributed by atoms with Crippen molar-refractivity contribution in [3.05, 3.63) is 51.9 Å². The van der Waals surface area contributed by atoms with E-state index in [2.05, 4.69) is 38.1 Å². The van der Waals surface area contributed by atoms with Crippen LogP contribution in [0.4, 0.5) is 14.6 Å². The fourth-order valence-electron chi connectivity index (χ4n) is 1.75. The van der Waals surface area contributed by atoms with Crippen molar-refractivity contribution in [1.29, 1.82) is 0 Å². The summed E-state index contributed by atoms with van der Waals surface area (Å²) in [5, 5.41) is 3.17. The highest BCUT2D eigenvalue weighted by atomic mass is 79.9. The van der Waals surface area contributed by atoms with Gasteiger partial charge < -0.3 is 5.32 Å². The van der Waals surface area contributed by atoms with Crippen molar-refractivity contribution in [2.45, 2.75) is 19.8 Å². The van der Waals surface area contributed by atoms with E-state index in [0.717, 1.165) is 23.5 Å². The van der Waals surface area contributed by atoms with E-state index in [-0.39, 0.29) is 6.42 Å². The lowest BCUT2D eigenvalue weighted by Gasteiger charge is -2.08. The Bertz CT molecular complexity index is 585. The van der Waals surface area contributed by atoms with Crippen molar-refractivity contribution >= 4 is 21.7 Å². The van der Waals surface area contributed by atoms with Gasteiger partial charge in [0, 0.05) is 25.2 Å². The Labute approximate surface area is 124 Å². The highest BCUT2D eigenvalue weighted by molar-refractivity contribution is 9.10. The van der Waals surface area contributed by atoms with Crippen LogP contribution in [-0.2, 0) is 6.42 Å². The molecular formula is C14H14BrF2N3. The summed E-state index contributed by atoms with van der Waals surface area (Å²) in [4.78, 5) is 8.51. The Hall–Kier alpha value is -1.56. The van der Waals surface area contributed by atoms with Crippen LogP contribution in [0.25, 0.3) is 0 Å². The van der Waals surface area contributed by atoms with E-state index in [1.165, 1.54) is 12.1 Å². The first-order chi connectivity index (χ1) is 9.58. The van der Waals surface area contributed by atoms with E-state index < -0.39 is 11.6 Å². The molecule has 0 amide bonds. The molecule has 0 saturated carbocycles. The number of halogens is 3. The maximum Gasteiger partial charge on any atom is 0.144 e. The predicted molar refractivity (Wildman–Crippen MR) is 77.7 cm³/mol. The molecule has 0 aliphatic heterocycles. The lowest BCUT2D eigenvalue weighted by Crippen LogP contribution is -2.06. The third-order valence-corrected chi connectivity index (χ3v) is 3.20. The van der Waals surface area contributed by atoms with Gasteiger partial charge in [-0.15, -0.1) is 0 Å². The minimum atomic E-state index is -0.596. The molecule has 0 radical (unpaired) electrons. The molecule has 2 aromatic rings. The van der Waals surface area contributed by atoms with Gasteiger partial charge in [-0.2, -0.15) is 0 Å². The number of aromatic nitrogens is 2. The molecule has 0 aliphatic carbocycles. The highest BCUT2D eigenvalue weighted by Crippen LogP contribution is 2.20. The summed E-state index contributed by atoms with van der Waals surface area (Å²) in [6.07, 6.45) is 2.89. The monoisotopic (exact) mass is 341 g/mol. The SMILES string of the molecule is CCCNc1nc(Cc2cc(F)cc(F)c2)ncc1Br. The van der Waals surface area contributed by atoms with E-state index in [1.807, 2.05) is 0 Å². The second-order valence-corrected chi connectivity index (χ2v) is 5.22. The lowest BCUT2D eigenvalue weighted by molar-refractivity contribution is 0.580. The van der Waals surface area contributed by atoms with Gasteiger partial charge in [-0.3, -0.25) is 0 Å². The summed E-state index contributed by atoms with van der Waals surface area (Å²) in [5.74, 6) is 0.00779. The summed E-state index contributed by atoms with van der Waals surface area (Å²) in [7, 11) is 0. The second kappa shape index (κ2) is 6.74. The predicted octanol–water partition coefficient (Wildman–Crippen LogP) is 3.93. The largest absolute Gasteiger partial charge is 0.369 e. The third-order valence-electron chi connectivity index (χ3n) is 2.62. The molecule has 6 heteroatoms. The number of hydrogen-bond acceptors (Lipinski definition) is 3. The zero-order chi connectivity index (χ0) is 14.5. The van der Waals surface area contributed by atoms with Crippen molar-refractivity contribution in [2.75, 3.05) is 11.9 Å². The first-order valence-corrected chi connectivity index (χ1v) is 7.08. The summed E-state index contributed by atoms with van der Waals surface area (Å²) < 4.78 is 27.0. The van der Waals surface area contributed by atoms with Crippen LogP contribution in [0.15, 0.2) is 28.9 Å². The number of nitrogens with one attached hydrogen (secondary N) is 1. The zero-order valence-corrected chi connectivity index (χ0v) is 12.5. The van der Waals surface area contributed by atoms with Gasteiger partial charge in [0.15, 0.2) is 0 Å². The Balaban J connectivity index is 2.20. The molecule has 3 nitrogen and oxygen atoms in total. The average molecular weight is 342 g/mol. The molecule has 0 unspecified atom stereocenters. The van der Waals surface area contributed by atoms with Crippen LogP contribution >= 0.6 is 15.9 Å². The molecule has 106 valence electrons. The van der Waals surface area contributed by atoms with E-state index in [9.17, 15) is 8.78 Å². The van der Waals surface area contributed by atoms with Gasteiger partial charge in [-0.25, -0.2) is 18.7 Å². The van der Waals surface area contributed by atoms with Gasteiger partial charge in [0.1, 0.15) is 23.3 Å². The summed E-state index contributed by atoms with van der Waals surface area (Å²) in [5.41, 5.74) is 0.506. The zero-order valence-electron chi connectivity index (χ0n) is 11.0. The average Bonchev–Trinajstić information content (AvgIpc) is 2.38. The number of hydrogen-bond donors (Lipinski definition) is 1. The van der Waals surface area contributed by atoms with Gasteiger partial charge in [-0.05, 0) is 40.0 Å². The molecule has 1 N–H and O–H groups in total. The molecule has 1 aromatic heterocycles. The van der Waals surface area contributed by atoms with Crippen LogP contribution in [0, 0.1) is 11.6 Å². The normalized spacial score (nSPS) is 10.6. The van der Waals surface area contributed by atoms with Crippen LogP contribution in [0.1, 0.15) is 24.7 Å². The van der Waals surface area contributed by atoms with E-state index in [4.69, 9.17) is 0 Å². The first-order valence-electron chi connectivity index (χ1n) is 6.28. The summed E-state index contributed by atoms with van der Waals surface area (Å²) >= 11 is 3.36. The Kier molecular flexibility index (Phi) is 5.00. The minimum absolute atomic E-state index is 0.281. The molecular weight excluding hydrogens is 328 g/mol. The van der Waals surface area contributed by atoms with Gasteiger partial charge in [-0.1, -0.05) is 6.92 Å². The van der Waals surface area contributed by atoms with Crippen LogP contribution < -0.4 is 5.32 Å². The van der Waals surface area contributed by atoms with Gasteiger partial charge in [0.25, 0.3) is 0 Å². The van der Waals surface area contributed by atoms with Crippen molar-refractivity contribution in [1.82, 2.24) is 9.97 Å². The third kappa shape index (κ3) is 3.96. The molecule has 2 rings (SSSR count). The van der Waals surface area contributed by atoms with Crippen molar-refractivity contribution in [2.24, 2.45) is 0 Å². The summed E-state index contributed by atoms with van der Waals surface area (Å²) in [6.45, 7) is 2.85.